The van der Waals surface area contributed by atoms with Crippen molar-refractivity contribution in [2.24, 2.45) is 5.92 Å². The second kappa shape index (κ2) is 12.1. The van der Waals surface area contributed by atoms with Gasteiger partial charge in [-0.25, -0.2) is 4.79 Å². The fraction of sp³-hybridized carbons (Fsp3) is 0.538. The number of aromatic hydroxyl groups is 1. The van der Waals surface area contributed by atoms with E-state index in [2.05, 4.69) is 10.2 Å². The molecule has 0 radical (unpaired) electrons. The van der Waals surface area contributed by atoms with Crippen LogP contribution in [0, 0.1) is 5.92 Å². The number of nitrogens with zero attached hydrogens (tertiary/aromatic N) is 1. The molecule has 0 aromatic heterocycles. The molecule has 0 bridgehead atoms. The summed E-state index contributed by atoms with van der Waals surface area (Å²) in [5.41, 5.74) is 1.11. The van der Waals surface area contributed by atoms with E-state index in [9.17, 15) is 24.9 Å². The Bertz CT molecular complexity index is 922. The summed E-state index contributed by atoms with van der Waals surface area (Å²) < 4.78 is 5.56. The molecule has 0 unspecified atom stereocenters. The minimum absolute atomic E-state index is 0.00539. The molecule has 0 saturated carbocycles. The van der Waals surface area contributed by atoms with Gasteiger partial charge in [-0.15, -0.1) is 0 Å². The summed E-state index contributed by atoms with van der Waals surface area (Å²) in [6.07, 6.45) is 6.15. The van der Waals surface area contributed by atoms with Crippen molar-refractivity contribution in [3.63, 3.8) is 0 Å². The summed E-state index contributed by atoms with van der Waals surface area (Å²) in [7, 11) is 0. The maximum Gasteiger partial charge on any atom is 0.342 e. The molecule has 0 spiro atoms. The summed E-state index contributed by atoms with van der Waals surface area (Å²) in [6, 6.07) is 3.26. The lowest BCUT2D eigenvalue weighted by atomic mass is 9.99. The number of piperidine rings is 1. The van der Waals surface area contributed by atoms with Gasteiger partial charge < -0.3 is 30.3 Å². The number of esters is 1. The Morgan fingerprint density at radius 3 is 2.56 bits per heavy atom. The summed E-state index contributed by atoms with van der Waals surface area (Å²) in [5, 5.41) is 34.3. The van der Waals surface area contributed by atoms with Crippen molar-refractivity contribution >= 4 is 23.5 Å². The predicted octanol–water partition coefficient (Wildman–Crippen LogP) is 2.74. The van der Waals surface area contributed by atoms with Gasteiger partial charge in [0.25, 0.3) is 0 Å². The third kappa shape index (κ3) is 6.91. The van der Waals surface area contributed by atoms with Crippen LogP contribution in [0.5, 0.6) is 5.75 Å². The first-order valence-electron chi connectivity index (χ1n) is 12.0. The van der Waals surface area contributed by atoms with Crippen molar-refractivity contribution in [1.29, 1.82) is 0 Å². The fourth-order valence-electron chi connectivity index (χ4n) is 4.14. The van der Waals surface area contributed by atoms with E-state index >= 15 is 0 Å². The van der Waals surface area contributed by atoms with Gasteiger partial charge in [0.05, 0.1) is 6.10 Å². The molecule has 1 saturated heterocycles. The lowest BCUT2D eigenvalue weighted by molar-refractivity contribution is -0.127. The minimum atomic E-state index is -1.55. The Hall–Kier alpha value is -2.68. The summed E-state index contributed by atoms with van der Waals surface area (Å²) in [4.78, 5) is 27.5. The average molecular weight is 473 g/mol. The number of ether oxygens (including phenoxy) is 1. The number of aliphatic hydroxyl groups is 2. The van der Waals surface area contributed by atoms with E-state index in [1.807, 2.05) is 0 Å². The molecule has 0 amide bonds. The number of aliphatic hydroxyl groups excluding tert-OH is 2. The van der Waals surface area contributed by atoms with Gasteiger partial charge in [0.1, 0.15) is 23.5 Å². The Kier molecular flexibility index (Phi) is 9.27. The first-order valence-corrected chi connectivity index (χ1v) is 12.0. The topological polar surface area (TPSA) is 119 Å². The summed E-state index contributed by atoms with van der Waals surface area (Å²) in [5.74, 6) is -1.81. The number of cyclic esters (lactones) is 1. The molecule has 1 fully saturated rings. The van der Waals surface area contributed by atoms with E-state index in [0.29, 0.717) is 17.8 Å². The van der Waals surface area contributed by atoms with Gasteiger partial charge in [-0.05, 0) is 57.0 Å². The van der Waals surface area contributed by atoms with Crippen molar-refractivity contribution in [2.45, 2.75) is 57.8 Å². The third-order valence-corrected chi connectivity index (χ3v) is 6.49. The molecule has 2 heterocycles. The second-order valence-electron chi connectivity index (χ2n) is 9.17. The number of phenols is 1. The zero-order valence-corrected chi connectivity index (χ0v) is 19.9. The predicted molar refractivity (Wildman–Crippen MR) is 131 cm³/mol. The van der Waals surface area contributed by atoms with Crippen LogP contribution < -0.4 is 5.32 Å². The van der Waals surface area contributed by atoms with E-state index in [4.69, 9.17) is 4.74 Å². The number of likely N-dealkylation sites (tertiary alicyclic amines) is 1. The van der Waals surface area contributed by atoms with Gasteiger partial charge in [0.15, 0.2) is 5.78 Å². The van der Waals surface area contributed by atoms with Crippen LogP contribution in [0.2, 0.25) is 0 Å². The first kappa shape index (κ1) is 25.9. The highest BCUT2D eigenvalue weighted by atomic mass is 16.5. The molecule has 186 valence electrons. The van der Waals surface area contributed by atoms with Crippen LogP contribution in [0.4, 0.5) is 5.69 Å². The van der Waals surface area contributed by atoms with Crippen molar-refractivity contribution in [2.75, 3.05) is 31.5 Å². The van der Waals surface area contributed by atoms with E-state index in [-0.39, 0.29) is 23.7 Å². The first-order chi connectivity index (χ1) is 16.3. The Morgan fingerprint density at radius 1 is 1.09 bits per heavy atom. The Balaban J connectivity index is 1.84. The number of hydrogen-bond donors (Lipinski definition) is 4. The van der Waals surface area contributed by atoms with Crippen LogP contribution in [-0.4, -0.2) is 76.5 Å². The van der Waals surface area contributed by atoms with Gasteiger partial charge in [-0.1, -0.05) is 31.6 Å². The molecule has 4 atom stereocenters. The zero-order chi connectivity index (χ0) is 24.7. The normalized spacial score (nSPS) is 28.9. The molecule has 34 heavy (non-hydrogen) atoms. The summed E-state index contributed by atoms with van der Waals surface area (Å²) in [6.45, 7) is 7.23. The number of ketones is 1. The molecule has 2 aliphatic rings. The zero-order valence-electron chi connectivity index (χ0n) is 19.9. The molecule has 1 aromatic rings. The highest BCUT2D eigenvalue weighted by Gasteiger charge is 2.25. The highest BCUT2D eigenvalue weighted by molar-refractivity contribution is 5.97. The van der Waals surface area contributed by atoms with E-state index in [0.717, 1.165) is 19.6 Å². The van der Waals surface area contributed by atoms with E-state index < -0.39 is 30.1 Å². The number of fused-ring (bicyclic) bond motifs is 1. The molecular formula is C26H36N2O6. The van der Waals surface area contributed by atoms with Crippen LogP contribution in [0.1, 0.15) is 55.5 Å². The van der Waals surface area contributed by atoms with Crippen LogP contribution in [0.15, 0.2) is 30.4 Å². The van der Waals surface area contributed by atoms with Gasteiger partial charge in [-0.3, -0.25) is 4.79 Å². The lowest BCUT2D eigenvalue weighted by Crippen LogP contribution is -2.33. The number of phenolic OH excluding ortho intramolecular Hbond substituents is 1. The molecule has 3 rings (SSSR count). The number of rotatable bonds is 4. The third-order valence-electron chi connectivity index (χ3n) is 6.49. The highest BCUT2D eigenvalue weighted by Crippen LogP contribution is 2.30. The van der Waals surface area contributed by atoms with E-state index in [1.54, 1.807) is 32.1 Å². The SMILES string of the molecule is C[C@@H]1/C=C\C(=O)[C@@H](O)[C@@H](O)C/C=C/c2cc(NCCN3CCCCC3)cc(O)c2C(=O)O[C@H]1C. The fourth-order valence-corrected chi connectivity index (χ4v) is 4.14. The van der Waals surface area contributed by atoms with Crippen molar-refractivity contribution in [3.8, 4) is 5.75 Å². The summed E-state index contributed by atoms with van der Waals surface area (Å²) >= 11 is 0. The number of carbonyl (C=O) groups is 2. The number of carbonyl (C=O) groups excluding carboxylic acids is 2. The number of anilines is 1. The second-order valence-corrected chi connectivity index (χ2v) is 9.17. The molecule has 4 N–H and O–H groups in total. The number of benzene rings is 1. The van der Waals surface area contributed by atoms with Gasteiger partial charge >= 0.3 is 5.97 Å². The van der Waals surface area contributed by atoms with Crippen molar-refractivity contribution < 1.29 is 29.6 Å². The van der Waals surface area contributed by atoms with Crippen LogP contribution in [0.25, 0.3) is 6.08 Å². The maximum atomic E-state index is 12.9. The Labute approximate surface area is 200 Å². The van der Waals surface area contributed by atoms with Gasteiger partial charge in [0, 0.05) is 30.8 Å². The Morgan fingerprint density at radius 2 is 1.82 bits per heavy atom. The van der Waals surface area contributed by atoms with Crippen LogP contribution in [0.3, 0.4) is 0 Å². The largest absolute Gasteiger partial charge is 0.507 e. The minimum Gasteiger partial charge on any atom is -0.507 e. The number of hydrogen-bond acceptors (Lipinski definition) is 8. The quantitative estimate of drug-likeness (QED) is 0.494. The molecule has 8 nitrogen and oxygen atoms in total. The molecule has 2 aliphatic heterocycles. The monoisotopic (exact) mass is 472 g/mol. The van der Waals surface area contributed by atoms with Gasteiger partial charge in [0.2, 0.25) is 0 Å². The molecule has 1 aromatic carbocycles. The lowest BCUT2D eigenvalue weighted by Gasteiger charge is -2.26. The van der Waals surface area contributed by atoms with Crippen LogP contribution >= 0.6 is 0 Å². The van der Waals surface area contributed by atoms with Crippen molar-refractivity contribution in [1.82, 2.24) is 4.90 Å². The molecule has 0 aliphatic carbocycles. The standard InChI is InChI=1S/C26H36N2O6/c1-17-9-10-22(30)25(32)21(29)8-6-7-19-15-20(27-11-14-28-12-4-3-5-13-28)16-23(31)24(19)26(33)34-18(17)2/h6-7,9-10,15-18,21,25,27,29,31-32H,3-5,8,11-14H2,1-2H3/b7-6+,10-9-/t17-,18+,21+,25+/m1/s1. The number of nitrogens with one attached hydrogen (secondary N) is 1. The molecular weight excluding hydrogens is 436 g/mol. The molecule has 8 heteroatoms. The van der Waals surface area contributed by atoms with Crippen LogP contribution in [-0.2, 0) is 9.53 Å². The maximum absolute atomic E-state index is 12.9. The van der Waals surface area contributed by atoms with Crippen molar-refractivity contribution in [3.05, 3.63) is 41.5 Å². The van der Waals surface area contributed by atoms with Gasteiger partial charge in [-0.2, -0.15) is 0 Å². The average Bonchev–Trinajstić information content (AvgIpc) is 2.81. The smallest absolute Gasteiger partial charge is 0.342 e. The van der Waals surface area contributed by atoms with E-state index in [1.165, 1.54) is 37.5 Å².